The largest absolute Gasteiger partial charge is 0.350 e. The molecule has 8 heteroatoms. The molecule has 1 amide bonds. The minimum atomic E-state index is -0.0973. The Morgan fingerprint density at radius 1 is 1.15 bits per heavy atom. The molecule has 2 aliphatic rings. The van der Waals surface area contributed by atoms with Crippen molar-refractivity contribution in [2.45, 2.75) is 50.6 Å². The maximum Gasteiger partial charge on any atom is 0.253 e. The van der Waals surface area contributed by atoms with E-state index in [4.69, 9.17) is 11.6 Å². The Balaban J connectivity index is 1.43. The number of benzene rings is 1. The third-order valence-corrected chi connectivity index (χ3v) is 8.10. The van der Waals surface area contributed by atoms with Gasteiger partial charge in [0, 0.05) is 61.7 Å². The number of nitrogens with zero attached hydrogens (tertiary/aromatic N) is 5. The molecule has 2 aromatic heterocycles. The Morgan fingerprint density at radius 2 is 1.91 bits per heavy atom. The molecule has 1 saturated carbocycles. The van der Waals surface area contributed by atoms with Gasteiger partial charge < -0.3 is 10.2 Å². The molecular formula is C26H33ClN6O. The van der Waals surface area contributed by atoms with Gasteiger partial charge in [0.1, 0.15) is 0 Å². The maximum absolute atomic E-state index is 13.6. The molecule has 0 radical (unpaired) electrons. The highest BCUT2D eigenvalue weighted by Gasteiger charge is 2.40. The zero-order valence-corrected chi connectivity index (χ0v) is 20.8. The van der Waals surface area contributed by atoms with E-state index in [0.717, 1.165) is 43.4 Å². The Labute approximate surface area is 206 Å². The number of likely N-dealkylation sites (N-methyl/N-ethyl adjacent to an activating group) is 1. The molecule has 1 aromatic carbocycles. The molecule has 1 N–H and O–H groups in total. The molecule has 1 aliphatic carbocycles. The van der Waals surface area contributed by atoms with Crippen molar-refractivity contribution < 1.29 is 4.79 Å². The van der Waals surface area contributed by atoms with Crippen LogP contribution in [0.4, 0.5) is 0 Å². The molecule has 1 aliphatic heterocycles. The van der Waals surface area contributed by atoms with Gasteiger partial charge in [0.15, 0.2) is 0 Å². The van der Waals surface area contributed by atoms with Gasteiger partial charge in [0.05, 0.1) is 16.1 Å². The third kappa shape index (κ3) is 4.32. The van der Waals surface area contributed by atoms with Crippen LogP contribution in [-0.4, -0.2) is 75.0 Å². The number of aromatic nitrogens is 3. The lowest BCUT2D eigenvalue weighted by molar-refractivity contribution is -0.00628. The summed E-state index contributed by atoms with van der Waals surface area (Å²) >= 11 is 6.59. The minimum absolute atomic E-state index is 0.0220. The van der Waals surface area contributed by atoms with Gasteiger partial charge in [-0.2, -0.15) is 0 Å². The third-order valence-electron chi connectivity index (χ3n) is 7.78. The fourth-order valence-electron chi connectivity index (χ4n) is 5.63. The highest BCUT2D eigenvalue weighted by molar-refractivity contribution is 6.37. The number of hydrogen-bond donors (Lipinski definition) is 1. The van der Waals surface area contributed by atoms with Crippen molar-refractivity contribution >= 4 is 28.4 Å². The van der Waals surface area contributed by atoms with E-state index < -0.39 is 0 Å². The first-order chi connectivity index (χ1) is 16.5. The van der Waals surface area contributed by atoms with Crippen LogP contribution in [0.5, 0.6) is 0 Å². The van der Waals surface area contributed by atoms with Crippen molar-refractivity contribution in [1.29, 1.82) is 0 Å². The summed E-state index contributed by atoms with van der Waals surface area (Å²) in [5, 5.41) is 4.60. The van der Waals surface area contributed by atoms with Crippen LogP contribution >= 0.6 is 11.6 Å². The quantitative estimate of drug-likeness (QED) is 0.594. The van der Waals surface area contributed by atoms with Crippen molar-refractivity contribution in [2.24, 2.45) is 0 Å². The van der Waals surface area contributed by atoms with Crippen LogP contribution in [0.1, 0.15) is 49.4 Å². The number of fused-ring (bicyclic) bond motifs is 1. The molecule has 3 heterocycles. The van der Waals surface area contributed by atoms with Crippen LogP contribution in [0.25, 0.3) is 16.9 Å². The van der Waals surface area contributed by atoms with Crippen LogP contribution in [0.15, 0.2) is 42.9 Å². The molecule has 34 heavy (non-hydrogen) atoms. The van der Waals surface area contributed by atoms with Crippen LogP contribution in [0.2, 0.25) is 5.02 Å². The normalized spacial score (nSPS) is 21.6. The number of amides is 1. The second kappa shape index (κ2) is 9.64. The van der Waals surface area contributed by atoms with Crippen LogP contribution < -0.4 is 5.32 Å². The molecule has 2 fully saturated rings. The summed E-state index contributed by atoms with van der Waals surface area (Å²) < 4.78 is 1.84. The van der Waals surface area contributed by atoms with Crippen LogP contribution in [0.3, 0.4) is 0 Å². The fourth-order valence-corrected chi connectivity index (χ4v) is 5.90. The molecule has 5 rings (SSSR count). The average Bonchev–Trinajstić information content (AvgIpc) is 3.26. The first-order valence-corrected chi connectivity index (χ1v) is 12.7. The lowest BCUT2D eigenvalue weighted by Crippen LogP contribution is -2.63. The predicted molar refractivity (Wildman–Crippen MR) is 136 cm³/mol. The molecule has 1 unspecified atom stereocenters. The van der Waals surface area contributed by atoms with Crippen molar-refractivity contribution in [3.05, 3.63) is 53.4 Å². The molecule has 0 bridgehead atoms. The van der Waals surface area contributed by atoms with Gasteiger partial charge in [-0.1, -0.05) is 36.9 Å². The monoisotopic (exact) mass is 480 g/mol. The lowest BCUT2D eigenvalue weighted by atomic mass is 9.79. The second-order valence-electron chi connectivity index (χ2n) is 9.84. The minimum Gasteiger partial charge on any atom is -0.350 e. The molecule has 3 aromatic rings. The maximum atomic E-state index is 13.6. The van der Waals surface area contributed by atoms with Gasteiger partial charge in [-0.25, -0.2) is 9.97 Å². The summed E-state index contributed by atoms with van der Waals surface area (Å²) in [6.07, 6.45) is 11.2. The number of hydrogen-bond acceptors (Lipinski definition) is 5. The smallest absolute Gasteiger partial charge is 0.253 e. The van der Waals surface area contributed by atoms with E-state index in [-0.39, 0.29) is 11.4 Å². The van der Waals surface area contributed by atoms with E-state index in [1.165, 1.54) is 19.3 Å². The van der Waals surface area contributed by atoms with Gasteiger partial charge in [0.2, 0.25) is 5.95 Å². The first-order valence-electron chi connectivity index (χ1n) is 12.3. The first kappa shape index (κ1) is 23.3. The van der Waals surface area contributed by atoms with Crippen LogP contribution in [-0.2, 0) is 0 Å². The molecule has 1 atom stereocenters. The Kier molecular flexibility index (Phi) is 6.60. The SMILES string of the molecule is CC1CN(C2(CNC(=O)c3cn(-c4ncccn4)c4cccc(Cl)c34)CCCCC2)CCN1C. The van der Waals surface area contributed by atoms with E-state index in [2.05, 4.69) is 39.1 Å². The lowest BCUT2D eigenvalue weighted by Gasteiger charge is -2.51. The summed E-state index contributed by atoms with van der Waals surface area (Å²) in [6, 6.07) is 7.95. The van der Waals surface area contributed by atoms with Crippen LogP contribution in [0, 0.1) is 0 Å². The van der Waals surface area contributed by atoms with Gasteiger partial charge >= 0.3 is 0 Å². The summed E-state index contributed by atoms with van der Waals surface area (Å²) in [5.41, 5.74) is 1.41. The van der Waals surface area contributed by atoms with E-state index in [1.807, 2.05) is 29.0 Å². The Morgan fingerprint density at radius 3 is 2.65 bits per heavy atom. The number of carbonyl (C=O) groups is 1. The van der Waals surface area contributed by atoms with Gasteiger partial charge in [-0.05, 0) is 45.0 Å². The molecule has 0 spiro atoms. The van der Waals surface area contributed by atoms with Gasteiger partial charge in [-0.15, -0.1) is 0 Å². The second-order valence-corrected chi connectivity index (χ2v) is 10.2. The average molecular weight is 481 g/mol. The van der Waals surface area contributed by atoms with Crippen molar-refractivity contribution in [1.82, 2.24) is 29.7 Å². The van der Waals surface area contributed by atoms with Crippen molar-refractivity contribution in [3.63, 3.8) is 0 Å². The summed E-state index contributed by atoms with van der Waals surface area (Å²) in [6.45, 7) is 6.11. The number of carbonyl (C=O) groups excluding carboxylic acids is 1. The molecular weight excluding hydrogens is 448 g/mol. The fraction of sp³-hybridized carbons (Fsp3) is 0.500. The van der Waals surface area contributed by atoms with Gasteiger partial charge in [-0.3, -0.25) is 14.3 Å². The highest BCUT2D eigenvalue weighted by atomic mass is 35.5. The standard InChI is InChI=1S/C26H33ClN6O/c1-19-16-32(15-14-31(19)2)26(10-4-3-5-11-26)18-30-24(34)20-17-33(25-28-12-7-13-29-25)22-9-6-8-21(27)23(20)22/h6-9,12-13,17,19H,3-5,10-11,14-16,18H2,1-2H3,(H,30,34). The molecule has 180 valence electrons. The number of halogens is 1. The van der Waals surface area contributed by atoms with E-state index in [1.54, 1.807) is 18.5 Å². The number of nitrogens with one attached hydrogen (secondary N) is 1. The van der Waals surface area contributed by atoms with Crippen molar-refractivity contribution in [2.75, 3.05) is 33.2 Å². The van der Waals surface area contributed by atoms with E-state index in [9.17, 15) is 4.79 Å². The zero-order chi connectivity index (χ0) is 23.7. The number of rotatable bonds is 5. The predicted octanol–water partition coefficient (Wildman–Crippen LogP) is 4.14. The van der Waals surface area contributed by atoms with Crippen molar-refractivity contribution in [3.8, 4) is 5.95 Å². The van der Waals surface area contributed by atoms with E-state index in [0.29, 0.717) is 29.1 Å². The summed E-state index contributed by atoms with van der Waals surface area (Å²) in [7, 11) is 2.20. The van der Waals surface area contributed by atoms with Gasteiger partial charge in [0.25, 0.3) is 5.91 Å². The Bertz CT molecular complexity index is 1160. The topological polar surface area (TPSA) is 66.3 Å². The number of piperazine rings is 1. The van der Waals surface area contributed by atoms with E-state index >= 15 is 0 Å². The zero-order valence-electron chi connectivity index (χ0n) is 20.0. The summed E-state index contributed by atoms with van der Waals surface area (Å²) in [4.78, 5) is 27.4. The Hall–Kier alpha value is -2.48. The molecule has 1 saturated heterocycles. The summed E-state index contributed by atoms with van der Waals surface area (Å²) in [5.74, 6) is 0.420. The highest BCUT2D eigenvalue weighted by Crippen LogP contribution is 2.35. The molecule has 7 nitrogen and oxygen atoms in total.